The van der Waals surface area contributed by atoms with Gasteiger partial charge in [0.1, 0.15) is 0 Å². The number of piperidine rings is 1. The Balaban J connectivity index is 1.01. The number of nitrogens with zero attached hydrogens (tertiary/aromatic N) is 2. The first-order valence-electron chi connectivity index (χ1n) is 16.1. The molecule has 47 heavy (non-hydrogen) atoms. The largest absolute Gasteiger partial charge is 0.416 e. The topological polar surface area (TPSA) is 75.6 Å². The van der Waals surface area contributed by atoms with Crippen molar-refractivity contribution in [2.75, 3.05) is 23.3 Å². The molecule has 10 heteroatoms. The lowest BCUT2D eigenvalue weighted by atomic mass is 9.68. The van der Waals surface area contributed by atoms with Crippen LogP contribution in [0.2, 0.25) is 0 Å². The molecule has 6 rings (SSSR count). The van der Waals surface area contributed by atoms with Crippen molar-refractivity contribution in [3.8, 4) is 17.0 Å². The molecular formula is C37H39F3N4O3. The van der Waals surface area contributed by atoms with Gasteiger partial charge in [-0.25, -0.2) is 4.79 Å². The SMILES string of the molecule is Cn1cc(NC(=O)c2ccccc2-c2ccc(C(F)(F)F)cc2)cc1OC(=O)NCc1ccc(N2CCC3(CCCCC3)CC2)cc1. The molecule has 2 amide bonds. The highest BCUT2D eigenvalue weighted by atomic mass is 19.4. The second-order valence-corrected chi connectivity index (χ2v) is 12.7. The van der Waals surface area contributed by atoms with E-state index in [1.165, 1.54) is 68.8 Å². The molecule has 3 aromatic carbocycles. The average Bonchev–Trinajstić information content (AvgIpc) is 3.42. The van der Waals surface area contributed by atoms with Gasteiger partial charge in [-0.05, 0) is 78.1 Å². The number of nitrogens with one attached hydrogen (secondary N) is 2. The maximum atomic E-state index is 13.2. The van der Waals surface area contributed by atoms with E-state index in [2.05, 4.69) is 27.7 Å². The Morgan fingerprint density at radius 3 is 2.23 bits per heavy atom. The van der Waals surface area contributed by atoms with Gasteiger partial charge in [-0.15, -0.1) is 0 Å². The number of hydrogen-bond donors (Lipinski definition) is 2. The zero-order valence-corrected chi connectivity index (χ0v) is 26.4. The van der Waals surface area contributed by atoms with E-state index in [0.29, 0.717) is 28.8 Å². The fraction of sp³-hybridized carbons (Fsp3) is 0.351. The number of anilines is 2. The lowest BCUT2D eigenvalue weighted by molar-refractivity contribution is -0.137. The van der Waals surface area contributed by atoms with Gasteiger partial charge in [-0.2, -0.15) is 13.2 Å². The number of carbonyl (C=O) groups is 2. The van der Waals surface area contributed by atoms with Crippen LogP contribution in [0.1, 0.15) is 66.4 Å². The molecule has 1 saturated heterocycles. The maximum Gasteiger partial charge on any atom is 0.416 e. The molecule has 1 spiro atoms. The van der Waals surface area contributed by atoms with Crippen molar-refractivity contribution in [3.05, 3.63) is 102 Å². The number of alkyl halides is 3. The van der Waals surface area contributed by atoms with Gasteiger partial charge in [0.15, 0.2) is 0 Å². The third-order valence-electron chi connectivity index (χ3n) is 9.59. The number of amides is 2. The molecule has 7 nitrogen and oxygen atoms in total. The van der Waals surface area contributed by atoms with E-state index in [0.717, 1.165) is 30.8 Å². The van der Waals surface area contributed by atoms with E-state index in [4.69, 9.17) is 4.74 Å². The summed E-state index contributed by atoms with van der Waals surface area (Å²) in [6, 6.07) is 21.2. The van der Waals surface area contributed by atoms with Gasteiger partial charge in [-0.1, -0.05) is 61.7 Å². The van der Waals surface area contributed by atoms with Crippen LogP contribution in [0.4, 0.5) is 29.3 Å². The summed E-state index contributed by atoms with van der Waals surface area (Å²) < 4.78 is 46.1. The smallest absolute Gasteiger partial charge is 0.393 e. The second kappa shape index (κ2) is 13.6. The Bertz CT molecular complexity index is 1700. The van der Waals surface area contributed by atoms with E-state index in [9.17, 15) is 22.8 Å². The number of aryl methyl sites for hydroxylation is 1. The van der Waals surface area contributed by atoms with Crippen LogP contribution in [0, 0.1) is 5.41 Å². The number of ether oxygens (including phenoxy) is 1. The van der Waals surface area contributed by atoms with Crippen molar-refractivity contribution < 1.29 is 27.5 Å². The first kappa shape index (κ1) is 32.2. The van der Waals surface area contributed by atoms with Crippen LogP contribution < -0.4 is 20.3 Å². The molecule has 1 aliphatic heterocycles. The number of benzene rings is 3. The monoisotopic (exact) mass is 644 g/mol. The Morgan fingerprint density at radius 1 is 0.872 bits per heavy atom. The third-order valence-corrected chi connectivity index (χ3v) is 9.59. The predicted octanol–water partition coefficient (Wildman–Crippen LogP) is 8.80. The summed E-state index contributed by atoms with van der Waals surface area (Å²) in [5, 5.41) is 5.57. The van der Waals surface area contributed by atoms with Gasteiger partial charge in [0, 0.05) is 50.2 Å². The molecular weight excluding hydrogens is 605 g/mol. The van der Waals surface area contributed by atoms with Gasteiger partial charge in [-0.3, -0.25) is 4.79 Å². The first-order chi connectivity index (χ1) is 22.6. The Morgan fingerprint density at radius 2 is 1.55 bits per heavy atom. The highest BCUT2D eigenvalue weighted by Crippen LogP contribution is 2.45. The lowest BCUT2D eigenvalue weighted by Crippen LogP contribution is -2.41. The number of rotatable bonds is 7. The molecule has 2 N–H and O–H groups in total. The zero-order valence-electron chi connectivity index (χ0n) is 26.4. The highest BCUT2D eigenvalue weighted by molar-refractivity contribution is 6.08. The number of aromatic nitrogens is 1. The van der Waals surface area contributed by atoms with Crippen molar-refractivity contribution in [1.29, 1.82) is 0 Å². The third kappa shape index (κ3) is 7.64. The minimum Gasteiger partial charge on any atom is -0.393 e. The molecule has 246 valence electrons. The Hall–Kier alpha value is -4.73. The summed E-state index contributed by atoms with van der Waals surface area (Å²) >= 11 is 0. The molecule has 1 aromatic heterocycles. The standard InChI is InChI=1S/C37H39F3N4O3/c1-43-25-29(42-34(45)32-8-4-3-7-31(32)27-11-13-28(14-12-27)37(38,39)40)23-33(43)47-35(46)41-24-26-9-15-30(16-10-26)44-21-19-36(20-22-44)17-5-2-6-18-36/h3-4,7-16,23,25H,2,5-6,17-22,24H2,1H3,(H,41,46)(H,42,45). The molecule has 2 aliphatic rings. The van der Waals surface area contributed by atoms with E-state index in [1.54, 1.807) is 42.1 Å². The normalized spacial score (nSPS) is 16.1. The number of hydrogen-bond acceptors (Lipinski definition) is 4. The highest BCUT2D eigenvalue weighted by Gasteiger charge is 2.35. The number of halogens is 3. The summed E-state index contributed by atoms with van der Waals surface area (Å²) in [5.74, 6) is -0.228. The van der Waals surface area contributed by atoms with Crippen LogP contribution >= 0.6 is 0 Å². The van der Waals surface area contributed by atoms with E-state index in [1.807, 2.05) is 12.1 Å². The molecule has 4 aromatic rings. The molecule has 1 saturated carbocycles. The maximum absolute atomic E-state index is 13.2. The van der Waals surface area contributed by atoms with Crippen LogP contribution in [0.15, 0.2) is 85.1 Å². The quantitative estimate of drug-likeness (QED) is 0.211. The van der Waals surface area contributed by atoms with Crippen LogP contribution in [0.25, 0.3) is 11.1 Å². The van der Waals surface area contributed by atoms with Crippen LogP contribution in [0.3, 0.4) is 0 Å². The molecule has 1 aliphatic carbocycles. The van der Waals surface area contributed by atoms with Crippen molar-refractivity contribution in [1.82, 2.24) is 9.88 Å². The minimum absolute atomic E-state index is 0.227. The summed E-state index contributed by atoms with van der Waals surface area (Å²) in [6.07, 6.45) is 5.95. The Kier molecular flexibility index (Phi) is 9.29. The fourth-order valence-electron chi connectivity index (χ4n) is 6.86. The van der Waals surface area contributed by atoms with E-state index in [-0.39, 0.29) is 11.4 Å². The molecule has 2 heterocycles. The van der Waals surface area contributed by atoms with Gasteiger partial charge in [0.2, 0.25) is 5.88 Å². The van der Waals surface area contributed by atoms with Gasteiger partial charge in [0.05, 0.1) is 11.3 Å². The minimum atomic E-state index is -4.45. The summed E-state index contributed by atoms with van der Waals surface area (Å²) in [6.45, 7) is 2.49. The lowest BCUT2D eigenvalue weighted by Gasteiger charge is -2.45. The Labute approximate surface area is 272 Å². The molecule has 0 atom stereocenters. The fourth-order valence-corrected chi connectivity index (χ4v) is 6.86. The summed E-state index contributed by atoms with van der Waals surface area (Å²) in [7, 11) is 1.68. The zero-order chi connectivity index (χ0) is 33.0. The van der Waals surface area contributed by atoms with Crippen LogP contribution in [-0.2, 0) is 19.8 Å². The average molecular weight is 645 g/mol. The molecule has 0 radical (unpaired) electrons. The van der Waals surface area contributed by atoms with Crippen molar-refractivity contribution in [3.63, 3.8) is 0 Å². The summed E-state index contributed by atoms with van der Waals surface area (Å²) in [4.78, 5) is 28.3. The first-order valence-corrected chi connectivity index (χ1v) is 16.1. The van der Waals surface area contributed by atoms with Crippen LogP contribution in [-0.4, -0.2) is 29.7 Å². The van der Waals surface area contributed by atoms with Gasteiger partial charge < -0.3 is 24.8 Å². The molecule has 2 fully saturated rings. The van der Waals surface area contributed by atoms with Crippen molar-refractivity contribution in [2.24, 2.45) is 12.5 Å². The van der Waals surface area contributed by atoms with E-state index < -0.39 is 23.7 Å². The number of carbonyl (C=O) groups excluding carboxylic acids is 2. The van der Waals surface area contributed by atoms with Gasteiger partial charge in [0.25, 0.3) is 5.91 Å². The second-order valence-electron chi connectivity index (χ2n) is 12.7. The van der Waals surface area contributed by atoms with Crippen molar-refractivity contribution >= 4 is 23.4 Å². The van der Waals surface area contributed by atoms with E-state index >= 15 is 0 Å². The predicted molar refractivity (Wildman–Crippen MR) is 177 cm³/mol. The van der Waals surface area contributed by atoms with Crippen molar-refractivity contribution in [2.45, 2.75) is 57.7 Å². The molecule has 0 bridgehead atoms. The molecule has 0 unspecified atom stereocenters. The summed E-state index contributed by atoms with van der Waals surface area (Å²) in [5.41, 5.74) is 3.62. The van der Waals surface area contributed by atoms with Crippen LogP contribution in [0.5, 0.6) is 5.88 Å². The van der Waals surface area contributed by atoms with Gasteiger partial charge >= 0.3 is 12.3 Å².